The molecule has 2 aromatic heterocycles. The molecule has 1 aliphatic rings. The molecule has 1 aliphatic heterocycles. The topological polar surface area (TPSA) is 83.3 Å². The fourth-order valence-corrected chi connectivity index (χ4v) is 2.85. The van der Waals surface area contributed by atoms with E-state index in [-0.39, 0.29) is 12.5 Å². The molecule has 0 saturated carbocycles. The number of nitrogens with zero attached hydrogens (tertiary/aromatic N) is 3. The quantitative estimate of drug-likeness (QED) is 0.753. The van der Waals surface area contributed by atoms with Crippen LogP contribution in [-0.4, -0.2) is 35.5 Å². The van der Waals surface area contributed by atoms with Gasteiger partial charge in [0.25, 0.3) is 6.01 Å². The number of piperazine rings is 1. The molecule has 2 N–H and O–H groups in total. The second kappa shape index (κ2) is 6.87. The zero-order chi connectivity index (χ0) is 17.9. The summed E-state index contributed by atoms with van der Waals surface area (Å²) in [5.41, 5.74) is 2.96. The summed E-state index contributed by atoms with van der Waals surface area (Å²) in [6.07, 6.45) is 3.46. The van der Waals surface area contributed by atoms with Gasteiger partial charge in [-0.05, 0) is 36.8 Å². The molecule has 1 saturated heterocycles. The summed E-state index contributed by atoms with van der Waals surface area (Å²) in [5, 5.41) is 6.08. The van der Waals surface area contributed by atoms with Crippen LogP contribution in [-0.2, 0) is 4.79 Å². The number of carbonyl (C=O) groups is 1. The highest BCUT2D eigenvalue weighted by atomic mass is 16.4. The highest BCUT2D eigenvalue weighted by molar-refractivity contribution is 5.81. The van der Waals surface area contributed by atoms with Crippen molar-refractivity contribution in [3.63, 3.8) is 0 Å². The summed E-state index contributed by atoms with van der Waals surface area (Å²) < 4.78 is 5.87. The lowest BCUT2D eigenvalue weighted by atomic mass is 10.1. The van der Waals surface area contributed by atoms with Crippen molar-refractivity contribution in [2.75, 3.05) is 29.9 Å². The minimum Gasteiger partial charge on any atom is -0.423 e. The zero-order valence-corrected chi connectivity index (χ0v) is 14.4. The van der Waals surface area contributed by atoms with E-state index < -0.39 is 0 Å². The molecule has 0 unspecified atom stereocenters. The maximum Gasteiger partial charge on any atom is 0.298 e. The predicted octanol–water partition coefficient (Wildman–Crippen LogP) is 2.72. The molecule has 1 amide bonds. The minimum absolute atomic E-state index is 0.0205. The highest BCUT2D eigenvalue weighted by Crippen LogP contribution is 2.27. The third kappa shape index (κ3) is 3.51. The Morgan fingerprint density at radius 3 is 3.00 bits per heavy atom. The van der Waals surface area contributed by atoms with E-state index in [9.17, 15) is 4.79 Å². The van der Waals surface area contributed by atoms with Crippen molar-refractivity contribution in [3.8, 4) is 11.3 Å². The average molecular weight is 349 g/mol. The van der Waals surface area contributed by atoms with Crippen molar-refractivity contribution in [3.05, 3.63) is 54.4 Å². The van der Waals surface area contributed by atoms with Gasteiger partial charge in [-0.15, -0.1) is 0 Å². The number of hydrogen-bond acceptors (Lipinski definition) is 6. The molecule has 0 radical (unpaired) electrons. The molecule has 0 atom stereocenters. The second-order valence-corrected chi connectivity index (χ2v) is 6.20. The van der Waals surface area contributed by atoms with Crippen molar-refractivity contribution in [2.45, 2.75) is 6.92 Å². The molecule has 3 heterocycles. The SMILES string of the molecule is Cc1ccnc(Nc2cccc(-c3cnc(N4CCNC(=O)C4)o3)c2)c1. The van der Waals surface area contributed by atoms with Gasteiger partial charge in [-0.2, -0.15) is 0 Å². The summed E-state index contributed by atoms with van der Waals surface area (Å²) in [6.45, 7) is 3.58. The Morgan fingerprint density at radius 1 is 1.23 bits per heavy atom. The lowest BCUT2D eigenvalue weighted by molar-refractivity contribution is -0.120. The minimum atomic E-state index is -0.0205. The third-order valence-corrected chi connectivity index (χ3v) is 4.14. The van der Waals surface area contributed by atoms with Crippen molar-refractivity contribution in [1.29, 1.82) is 0 Å². The lowest BCUT2D eigenvalue weighted by Crippen LogP contribution is -2.47. The Kier molecular flexibility index (Phi) is 4.27. The standard InChI is InChI=1S/C19H19N5O2/c1-13-5-6-20-17(9-13)23-15-4-2-3-14(10-15)16-11-22-19(26-16)24-8-7-21-18(25)12-24/h2-6,9-11H,7-8,12H2,1H3,(H,20,23)(H,21,25). The van der Waals surface area contributed by atoms with Gasteiger partial charge in [0.15, 0.2) is 5.76 Å². The van der Waals surface area contributed by atoms with Gasteiger partial charge in [0.05, 0.1) is 6.20 Å². The van der Waals surface area contributed by atoms with Crippen molar-refractivity contribution >= 4 is 23.4 Å². The smallest absolute Gasteiger partial charge is 0.298 e. The number of aromatic nitrogens is 2. The third-order valence-electron chi connectivity index (χ3n) is 4.14. The van der Waals surface area contributed by atoms with E-state index >= 15 is 0 Å². The van der Waals surface area contributed by atoms with Gasteiger partial charge in [-0.25, -0.2) is 9.97 Å². The molecule has 7 heteroatoms. The van der Waals surface area contributed by atoms with Crippen LogP contribution in [0.5, 0.6) is 0 Å². The van der Waals surface area contributed by atoms with Crippen LogP contribution >= 0.6 is 0 Å². The number of aryl methyl sites for hydroxylation is 1. The van der Waals surface area contributed by atoms with E-state index in [1.54, 1.807) is 12.4 Å². The molecular weight excluding hydrogens is 330 g/mol. The largest absolute Gasteiger partial charge is 0.423 e. The van der Waals surface area contributed by atoms with Gasteiger partial charge >= 0.3 is 0 Å². The molecule has 0 spiro atoms. The normalized spacial score (nSPS) is 14.2. The van der Waals surface area contributed by atoms with Gasteiger partial charge in [-0.3, -0.25) is 4.79 Å². The van der Waals surface area contributed by atoms with Crippen LogP contribution in [0.3, 0.4) is 0 Å². The van der Waals surface area contributed by atoms with Gasteiger partial charge in [-0.1, -0.05) is 12.1 Å². The van der Waals surface area contributed by atoms with Crippen LogP contribution in [0.15, 0.2) is 53.2 Å². The maximum absolute atomic E-state index is 11.5. The molecule has 4 rings (SSSR count). The number of carbonyl (C=O) groups excluding carboxylic acids is 1. The monoisotopic (exact) mass is 349 g/mol. The highest BCUT2D eigenvalue weighted by Gasteiger charge is 2.20. The fraction of sp³-hybridized carbons (Fsp3) is 0.211. The first-order valence-corrected chi connectivity index (χ1v) is 8.45. The summed E-state index contributed by atoms with van der Waals surface area (Å²) >= 11 is 0. The summed E-state index contributed by atoms with van der Waals surface area (Å²) in [7, 11) is 0. The molecule has 0 aliphatic carbocycles. The fourth-order valence-electron chi connectivity index (χ4n) is 2.85. The number of anilines is 3. The number of oxazole rings is 1. The van der Waals surface area contributed by atoms with Crippen molar-refractivity contribution < 1.29 is 9.21 Å². The second-order valence-electron chi connectivity index (χ2n) is 6.20. The average Bonchev–Trinajstić information content (AvgIpc) is 3.12. The molecule has 7 nitrogen and oxygen atoms in total. The van der Waals surface area contributed by atoms with Crippen LogP contribution in [0.1, 0.15) is 5.56 Å². The summed E-state index contributed by atoms with van der Waals surface area (Å²) in [4.78, 5) is 22.0. The van der Waals surface area contributed by atoms with Crippen LogP contribution in [0, 0.1) is 6.92 Å². The molecular formula is C19H19N5O2. The van der Waals surface area contributed by atoms with E-state index in [1.165, 1.54) is 0 Å². The first-order valence-electron chi connectivity index (χ1n) is 8.45. The zero-order valence-electron chi connectivity index (χ0n) is 14.4. The Hall–Kier alpha value is -3.35. The number of pyridine rings is 1. The Labute approximate surface area is 151 Å². The number of amides is 1. The Balaban J connectivity index is 1.54. The maximum atomic E-state index is 11.5. The van der Waals surface area contributed by atoms with E-state index in [0.717, 1.165) is 22.6 Å². The Bertz CT molecular complexity index is 937. The summed E-state index contributed by atoms with van der Waals surface area (Å²) in [5.74, 6) is 1.43. The van der Waals surface area contributed by atoms with Crippen molar-refractivity contribution in [2.24, 2.45) is 0 Å². The number of benzene rings is 1. The van der Waals surface area contributed by atoms with E-state index in [1.807, 2.05) is 48.2 Å². The lowest BCUT2D eigenvalue weighted by Gasteiger charge is -2.24. The van der Waals surface area contributed by atoms with Gasteiger partial charge < -0.3 is 20.0 Å². The summed E-state index contributed by atoms with van der Waals surface area (Å²) in [6, 6.07) is 12.3. The number of hydrogen-bond donors (Lipinski definition) is 2. The van der Waals surface area contributed by atoms with Crippen LogP contribution in [0.25, 0.3) is 11.3 Å². The predicted molar refractivity (Wildman–Crippen MR) is 99.4 cm³/mol. The molecule has 132 valence electrons. The van der Waals surface area contributed by atoms with E-state index in [4.69, 9.17) is 4.42 Å². The van der Waals surface area contributed by atoms with E-state index in [2.05, 4.69) is 20.6 Å². The van der Waals surface area contributed by atoms with Gasteiger partial charge in [0, 0.05) is 30.5 Å². The molecule has 1 aromatic carbocycles. The van der Waals surface area contributed by atoms with Crippen LogP contribution in [0.4, 0.5) is 17.5 Å². The van der Waals surface area contributed by atoms with Gasteiger partial charge in [0.2, 0.25) is 5.91 Å². The Morgan fingerprint density at radius 2 is 2.15 bits per heavy atom. The number of rotatable bonds is 4. The molecule has 1 fully saturated rings. The van der Waals surface area contributed by atoms with Crippen molar-refractivity contribution in [1.82, 2.24) is 15.3 Å². The van der Waals surface area contributed by atoms with Crippen LogP contribution < -0.4 is 15.5 Å². The van der Waals surface area contributed by atoms with Gasteiger partial charge in [0.1, 0.15) is 12.4 Å². The van der Waals surface area contributed by atoms with Crippen LogP contribution in [0.2, 0.25) is 0 Å². The molecule has 26 heavy (non-hydrogen) atoms. The van der Waals surface area contributed by atoms with E-state index in [0.29, 0.717) is 24.9 Å². The first-order chi connectivity index (χ1) is 12.7. The first kappa shape index (κ1) is 16.1. The molecule has 0 bridgehead atoms. The number of nitrogens with one attached hydrogen (secondary N) is 2. The molecule has 3 aromatic rings.